The van der Waals surface area contributed by atoms with Gasteiger partial charge in [-0.1, -0.05) is 13.5 Å². The van der Waals surface area contributed by atoms with Crippen LogP contribution in [0.2, 0.25) is 0 Å². The van der Waals surface area contributed by atoms with Crippen molar-refractivity contribution in [2.45, 2.75) is 58.6 Å². The molecule has 0 heterocycles. The SMILES string of the molecule is C=C(C)C(=O)OC(CC)C(F)(F)C(=O)NC(C)(C)C. The fraction of sp³-hybridized carbons (Fsp3) is 0.692. The first-order valence-corrected chi connectivity index (χ1v) is 5.98. The second-order valence-corrected chi connectivity index (χ2v) is 5.41. The first-order chi connectivity index (χ1) is 8.41. The zero-order chi connectivity index (χ0) is 15.4. The molecule has 0 saturated heterocycles. The Labute approximate surface area is 112 Å². The van der Waals surface area contributed by atoms with Crippen molar-refractivity contribution in [1.82, 2.24) is 5.32 Å². The Morgan fingerprint density at radius 2 is 1.79 bits per heavy atom. The maximum Gasteiger partial charge on any atom is 0.360 e. The Morgan fingerprint density at radius 1 is 1.32 bits per heavy atom. The highest BCUT2D eigenvalue weighted by atomic mass is 19.3. The lowest BCUT2D eigenvalue weighted by atomic mass is 10.1. The van der Waals surface area contributed by atoms with Crippen LogP contribution in [0.15, 0.2) is 12.2 Å². The maximum absolute atomic E-state index is 13.9. The molecule has 0 aliphatic rings. The van der Waals surface area contributed by atoms with E-state index >= 15 is 0 Å². The third kappa shape index (κ3) is 5.36. The molecule has 1 amide bonds. The molecule has 1 unspecified atom stereocenters. The molecular formula is C13H21F2NO3. The van der Waals surface area contributed by atoms with Gasteiger partial charge in [0.25, 0.3) is 5.91 Å². The summed E-state index contributed by atoms with van der Waals surface area (Å²) in [6, 6.07) is 0. The van der Waals surface area contributed by atoms with Crippen LogP contribution in [0.3, 0.4) is 0 Å². The molecule has 0 aromatic carbocycles. The van der Waals surface area contributed by atoms with Crippen molar-refractivity contribution in [1.29, 1.82) is 0 Å². The van der Waals surface area contributed by atoms with E-state index in [0.717, 1.165) is 0 Å². The molecule has 1 N–H and O–H groups in total. The normalized spacial score (nSPS) is 13.6. The maximum atomic E-state index is 13.9. The van der Waals surface area contributed by atoms with Crippen molar-refractivity contribution in [3.8, 4) is 0 Å². The molecule has 6 heteroatoms. The standard InChI is InChI=1S/C13H21F2NO3/c1-7-9(19-10(17)8(2)3)13(14,15)11(18)16-12(4,5)6/h9H,2,7H2,1,3-6H3,(H,16,18). The number of carbonyl (C=O) groups is 2. The van der Waals surface area contributed by atoms with Crippen LogP contribution in [0.1, 0.15) is 41.0 Å². The minimum atomic E-state index is -3.78. The van der Waals surface area contributed by atoms with Gasteiger partial charge in [-0.2, -0.15) is 8.78 Å². The topological polar surface area (TPSA) is 55.4 Å². The van der Waals surface area contributed by atoms with E-state index in [9.17, 15) is 18.4 Å². The molecule has 4 nitrogen and oxygen atoms in total. The van der Waals surface area contributed by atoms with Crippen molar-refractivity contribution in [2.75, 3.05) is 0 Å². The number of ether oxygens (including phenoxy) is 1. The number of nitrogens with one attached hydrogen (secondary N) is 1. The van der Waals surface area contributed by atoms with E-state index < -0.39 is 29.4 Å². The zero-order valence-corrected chi connectivity index (χ0v) is 12.0. The number of esters is 1. The van der Waals surface area contributed by atoms with Gasteiger partial charge in [0.05, 0.1) is 0 Å². The highest BCUT2D eigenvalue weighted by Gasteiger charge is 2.49. The molecule has 0 saturated carbocycles. The van der Waals surface area contributed by atoms with Crippen molar-refractivity contribution in [3.63, 3.8) is 0 Å². The number of carbonyl (C=O) groups excluding carboxylic acids is 2. The number of alkyl halides is 2. The summed E-state index contributed by atoms with van der Waals surface area (Å²) in [5.41, 5.74) is -0.789. The second kappa shape index (κ2) is 6.12. The van der Waals surface area contributed by atoms with Crippen LogP contribution >= 0.6 is 0 Å². The fourth-order valence-electron chi connectivity index (χ4n) is 1.21. The Hall–Kier alpha value is -1.46. The quantitative estimate of drug-likeness (QED) is 0.620. The van der Waals surface area contributed by atoms with Crippen LogP contribution in [0.5, 0.6) is 0 Å². The molecule has 0 aromatic heterocycles. The Bertz CT molecular complexity index is 373. The molecule has 0 rings (SSSR count). The highest BCUT2D eigenvalue weighted by Crippen LogP contribution is 2.26. The third-order valence-electron chi connectivity index (χ3n) is 2.16. The largest absolute Gasteiger partial charge is 0.452 e. The summed E-state index contributed by atoms with van der Waals surface area (Å²) in [7, 11) is 0. The summed E-state index contributed by atoms with van der Waals surface area (Å²) in [6.45, 7) is 10.8. The molecule has 0 aliphatic carbocycles. The Kier molecular flexibility index (Phi) is 5.65. The van der Waals surface area contributed by atoms with Crippen molar-refractivity contribution in [3.05, 3.63) is 12.2 Å². The lowest BCUT2D eigenvalue weighted by Gasteiger charge is -2.28. The van der Waals surface area contributed by atoms with Gasteiger partial charge in [0.2, 0.25) is 0 Å². The lowest BCUT2D eigenvalue weighted by molar-refractivity contribution is -0.180. The van der Waals surface area contributed by atoms with E-state index in [0.29, 0.717) is 0 Å². The molecule has 0 bridgehead atoms. The van der Waals surface area contributed by atoms with Crippen LogP contribution in [0.25, 0.3) is 0 Å². The monoisotopic (exact) mass is 277 g/mol. The Morgan fingerprint density at radius 3 is 2.11 bits per heavy atom. The second-order valence-electron chi connectivity index (χ2n) is 5.41. The number of rotatable bonds is 5. The minimum absolute atomic E-state index is 0.00507. The van der Waals surface area contributed by atoms with Gasteiger partial charge in [0, 0.05) is 11.1 Å². The number of hydrogen-bond donors (Lipinski definition) is 1. The van der Waals surface area contributed by atoms with Crippen LogP contribution < -0.4 is 5.32 Å². The molecule has 19 heavy (non-hydrogen) atoms. The molecule has 0 aromatic rings. The van der Waals surface area contributed by atoms with Crippen LogP contribution in [0.4, 0.5) is 8.78 Å². The molecule has 110 valence electrons. The smallest absolute Gasteiger partial charge is 0.360 e. The summed E-state index contributed by atoms with van der Waals surface area (Å²) in [5.74, 6) is -6.18. The van der Waals surface area contributed by atoms with Gasteiger partial charge in [-0.25, -0.2) is 4.79 Å². The van der Waals surface area contributed by atoms with E-state index in [1.807, 2.05) is 0 Å². The minimum Gasteiger partial charge on any atom is -0.452 e. The van der Waals surface area contributed by atoms with Gasteiger partial charge in [0.15, 0.2) is 6.10 Å². The molecule has 0 aliphatic heterocycles. The zero-order valence-electron chi connectivity index (χ0n) is 12.0. The van der Waals surface area contributed by atoms with E-state index in [-0.39, 0.29) is 12.0 Å². The van der Waals surface area contributed by atoms with E-state index in [4.69, 9.17) is 0 Å². The van der Waals surface area contributed by atoms with Gasteiger partial charge in [-0.15, -0.1) is 0 Å². The average molecular weight is 277 g/mol. The van der Waals surface area contributed by atoms with Gasteiger partial charge >= 0.3 is 11.9 Å². The first kappa shape index (κ1) is 17.5. The van der Waals surface area contributed by atoms with E-state index in [1.165, 1.54) is 13.8 Å². The first-order valence-electron chi connectivity index (χ1n) is 5.98. The molecule has 0 radical (unpaired) electrons. The molecule has 0 fully saturated rings. The predicted molar refractivity (Wildman–Crippen MR) is 67.8 cm³/mol. The van der Waals surface area contributed by atoms with Crippen LogP contribution in [-0.2, 0) is 14.3 Å². The van der Waals surface area contributed by atoms with Gasteiger partial charge in [0.1, 0.15) is 0 Å². The van der Waals surface area contributed by atoms with E-state index in [1.54, 1.807) is 20.8 Å². The van der Waals surface area contributed by atoms with Gasteiger partial charge < -0.3 is 10.1 Å². The number of halogens is 2. The number of hydrogen-bond acceptors (Lipinski definition) is 3. The van der Waals surface area contributed by atoms with Crippen molar-refractivity contribution in [2.24, 2.45) is 0 Å². The van der Waals surface area contributed by atoms with Crippen LogP contribution in [0, 0.1) is 0 Å². The number of amides is 1. The molecule has 0 spiro atoms. The average Bonchev–Trinajstić information content (AvgIpc) is 2.22. The van der Waals surface area contributed by atoms with Crippen molar-refractivity contribution < 1.29 is 23.1 Å². The summed E-state index contributed by atoms with van der Waals surface area (Å²) in [6.07, 6.45) is -1.98. The Balaban J connectivity index is 4.97. The highest BCUT2D eigenvalue weighted by molar-refractivity contribution is 5.88. The van der Waals surface area contributed by atoms with Gasteiger partial charge in [-0.3, -0.25) is 4.79 Å². The lowest BCUT2D eigenvalue weighted by Crippen LogP contribution is -2.54. The summed E-state index contributed by atoms with van der Waals surface area (Å²) in [5, 5.41) is 2.17. The van der Waals surface area contributed by atoms with Crippen molar-refractivity contribution >= 4 is 11.9 Å². The van der Waals surface area contributed by atoms with Gasteiger partial charge in [-0.05, 0) is 34.1 Å². The molecule has 1 atom stereocenters. The third-order valence-corrected chi connectivity index (χ3v) is 2.16. The predicted octanol–water partition coefficient (Wildman–Crippen LogP) is 2.43. The summed E-state index contributed by atoms with van der Waals surface area (Å²) in [4.78, 5) is 22.8. The van der Waals surface area contributed by atoms with Crippen LogP contribution in [-0.4, -0.2) is 29.4 Å². The summed E-state index contributed by atoms with van der Waals surface area (Å²) < 4.78 is 32.4. The molecular weight excluding hydrogens is 256 g/mol. The van der Waals surface area contributed by atoms with E-state index in [2.05, 4.69) is 16.6 Å². The summed E-state index contributed by atoms with van der Waals surface area (Å²) >= 11 is 0. The fourth-order valence-corrected chi connectivity index (χ4v) is 1.21.